The van der Waals surface area contributed by atoms with E-state index in [2.05, 4.69) is 10.1 Å². The molecule has 0 radical (unpaired) electrons. The van der Waals surface area contributed by atoms with E-state index in [1.807, 2.05) is 0 Å². The number of carbonyl (C=O) groups is 2. The second-order valence-electron chi connectivity index (χ2n) is 2.47. The van der Waals surface area contributed by atoms with Crippen LogP contribution >= 0.6 is 22.9 Å². The number of rotatable bonds is 2. The zero-order chi connectivity index (χ0) is 10.7. The third-order valence-corrected chi connectivity index (χ3v) is 2.67. The Labute approximate surface area is 89.8 Å². The molecule has 1 heterocycles. The Morgan fingerprint density at radius 1 is 1.57 bits per heavy atom. The average Bonchev–Trinajstić information content (AvgIpc) is 2.46. The first-order valence-electron chi connectivity index (χ1n) is 3.69. The van der Waals surface area contributed by atoms with Crippen LogP contribution in [0.15, 0.2) is 5.38 Å². The summed E-state index contributed by atoms with van der Waals surface area (Å²) in [4.78, 5) is 22.0. The van der Waals surface area contributed by atoms with Gasteiger partial charge in [-0.1, -0.05) is 11.6 Å². The third-order valence-electron chi connectivity index (χ3n) is 1.45. The number of ether oxygens (including phenoxy) is 1. The summed E-state index contributed by atoms with van der Waals surface area (Å²) in [6.07, 6.45) is 0. The van der Waals surface area contributed by atoms with E-state index < -0.39 is 5.97 Å². The molecule has 0 saturated carbocycles. The van der Waals surface area contributed by atoms with Gasteiger partial charge in [0, 0.05) is 12.3 Å². The van der Waals surface area contributed by atoms with Crippen molar-refractivity contribution in [2.75, 3.05) is 12.4 Å². The van der Waals surface area contributed by atoms with Crippen molar-refractivity contribution in [3.8, 4) is 0 Å². The first-order chi connectivity index (χ1) is 6.56. The van der Waals surface area contributed by atoms with Gasteiger partial charge in [0.05, 0.1) is 18.4 Å². The monoisotopic (exact) mass is 233 g/mol. The molecular formula is C8H8ClNO3S. The second kappa shape index (κ2) is 4.43. The van der Waals surface area contributed by atoms with Crippen LogP contribution in [0.4, 0.5) is 5.69 Å². The topological polar surface area (TPSA) is 55.4 Å². The maximum atomic E-state index is 11.2. The van der Waals surface area contributed by atoms with Gasteiger partial charge in [0.1, 0.15) is 4.34 Å². The highest BCUT2D eigenvalue weighted by Crippen LogP contribution is 2.33. The maximum absolute atomic E-state index is 11.2. The summed E-state index contributed by atoms with van der Waals surface area (Å²) in [7, 11) is 1.27. The summed E-state index contributed by atoms with van der Waals surface area (Å²) < 4.78 is 4.89. The molecule has 14 heavy (non-hydrogen) atoms. The van der Waals surface area contributed by atoms with Crippen molar-refractivity contribution in [3.05, 3.63) is 15.3 Å². The van der Waals surface area contributed by atoms with Crippen LogP contribution in [0.5, 0.6) is 0 Å². The predicted octanol–water partition coefficient (Wildman–Crippen LogP) is 2.15. The van der Waals surface area contributed by atoms with Gasteiger partial charge in [0.2, 0.25) is 5.91 Å². The number of anilines is 1. The maximum Gasteiger partial charge on any atom is 0.340 e. The average molecular weight is 234 g/mol. The summed E-state index contributed by atoms with van der Waals surface area (Å²) in [6.45, 7) is 1.34. The van der Waals surface area contributed by atoms with E-state index in [0.29, 0.717) is 10.0 Å². The van der Waals surface area contributed by atoms with Gasteiger partial charge < -0.3 is 10.1 Å². The van der Waals surface area contributed by atoms with Crippen molar-refractivity contribution in [1.82, 2.24) is 0 Å². The zero-order valence-corrected chi connectivity index (χ0v) is 9.16. The lowest BCUT2D eigenvalue weighted by Gasteiger charge is -2.03. The van der Waals surface area contributed by atoms with E-state index >= 15 is 0 Å². The van der Waals surface area contributed by atoms with E-state index in [1.54, 1.807) is 5.38 Å². The van der Waals surface area contributed by atoms with Crippen LogP contribution in [0.25, 0.3) is 0 Å². The van der Waals surface area contributed by atoms with Crippen molar-refractivity contribution in [3.63, 3.8) is 0 Å². The minimum absolute atomic E-state index is 0.276. The highest BCUT2D eigenvalue weighted by Gasteiger charge is 2.17. The molecule has 1 aromatic rings. The molecule has 0 spiro atoms. The minimum Gasteiger partial charge on any atom is -0.465 e. The van der Waals surface area contributed by atoms with Crippen LogP contribution in [-0.4, -0.2) is 19.0 Å². The van der Waals surface area contributed by atoms with Crippen molar-refractivity contribution >= 4 is 40.5 Å². The van der Waals surface area contributed by atoms with Crippen molar-refractivity contribution in [2.24, 2.45) is 0 Å². The summed E-state index contributed by atoms with van der Waals surface area (Å²) in [6, 6.07) is 0. The molecule has 6 heteroatoms. The van der Waals surface area contributed by atoms with Gasteiger partial charge >= 0.3 is 5.97 Å². The molecule has 0 aromatic carbocycles. The number of methoxy groups -OCH3 is 1. The predicted molar refractivity (Wildman–Crippen MR) is 55.0 cm³/mol. The van der Waals surface area contributed by atoms with Crippen LogP contribution in [0.2, 0.25) is 4.34 Å². The number of halogens is 1. The van der Waals surface area contributed by atoms with Gasteiger partial charge in [-0.2, -0.15) is 0 Å². The number of hydrogen-bond donors (Lipinski definition) is 1. The standard InChI is InChI=1S/C8H8ClNO3S/c1-4(11)10-6-5(8(12)13-2)3-14-7(6)9/h3H,1-2H3,(H,10,11). The molecule has 0 aliphatic heterocycles. The van der Waals surface area contributed by atoms with Gasteiger partial charge in [-0.05, 0) is 0 Å². The van der Waals surface area contributed by atoms with E-state index in [-0.39, 0.29) is 11.5 Å². The normalized spacial score (nSPS) is 9.64. The first kappa shape index (κ1) is 11.0. The molecule has 0 aliphatic carbocycles. The SMILES string of the molecule is COC(=O)c1csc(Cl)c1NC(C)=O. The highest BCUT2D eigenvalue weighted by molar-refractivity contribution is 7.15. The lowest BCUT2D eigenvalue weighted by atomic mass is 10.3. The van der Waals surface area contributed by atoms with E-state index in [4.69, 9.17) is 11.6 Å². The van der Waals surface area contributed by atoms with Crippen molar-refractivity contribution < 1.29 is 14.3 Å². The molecule has 1 aromatic heterocycles. The molecule has 1 rings (SSSR count). The highest BCUT2D eigenvalue weighted by atomic mass is 35.5. The van der Waals surface area contributed by atoms with Crippen LogP contribution < -0.4 is 5.32 Å². The Morgan fingerprint density at radius 2 is 2.21 bits per heavy atom. The van der Waals surface area contributed by atoms with Crippen molar-refractivity contribution in [2.45, 2.75) is 6.92 Å². The fraction of sp³-hybridized carbons (Fsp3) is 0.250. The molecular weight excluding hydrogens is 226 g/mol. The second-order valence-corrected chi connectivity index (χ2v) is 3.95. The summed E-state index contributed by atoms with van der Waals surface area (Å²) >= 11 is 6.95. The number of hydrogen-bond acceptors (Lipinski definition) is 4. The molecule has 1 amide bonds. The van der Waals surface area contributed by atoms with Gasteiger partial charge in [0.25, 0.3) is 0 Å². The molecule has 1 N–H and O–H groups in total. The van der Waals surface area contributed by atoms with Crippen LogP contribution in [0, 0.1) is 0 Å². The number of thiophene rings is 1. The fourth-order valence-electron chi connectivity index (χ4n) is 0.887. The van der Waals surface area contributed by atoms with Gasteiger partial charge in [-0.25, -0.2) is 4.79 Å². The van der Waals surface area contributed by atoms with Gasteiger partial charge in [-0.15, -0.1) is 11.3 Å². The van der Waals surface area contributed by atoms with Crippen molar-refractivity contribution in [1.29, 1.82) is 0 Å². The lowest BCUT2D eigenvalue weighted by molar-refractivity contribution is -0.114. The Hall–Kier alpha value is -1.07. The molecule has 0 atom stereocenters. The largest absolute Gasteiger partial charge is 0.465 e. The number of amides is 1. The van der Waals surface area contributed by atoms with Crippen LogP contribution in [0.1, 0.15) is 17.3 Å². The fourth-order valence-corrected chi connectivity index (χ4v) is 1.88. The molecule has 0 bridgehead atoms. The summed E-state index contributed by atoms with van der Waals surface area (Å²) in [5.41, 5.74) is 0.591. The Morgan fingerprint density at radius 3 is 2.71 bits per heavy atom. The molecule has 0 aliphatic rings. The number of esters is 1. The number of carbonyl (C=O) groups excluding carboxylic acids is 2. The number of nitrogens with one attached hydrogen (secondary N) is 1. The Bertz CT molecular complexity index is 375. The van der Waals surface area contributed by atoms with E-state index in [9.17, 15) is 9.59 Å². The molecule has 4 nitrogen and oxygen atoms in total. The Balaban J connectivity index is 3.05. The van der Waals surface area contributed by atoms with E-state index in [0.717, 1.165) is 0 Å². The lowest BCUT2D eigenvalue weighted by Crippen LogP contribution is -2.10. The van der Waals surface area contributed by atoms with Crippen LogP contribution in [-0.2, 0) is 9.53 Å². The Kier molecular flexibility index (Phi) is 3.49. The van der Waals surface area contributed by atoms with Gasteiger partial charge in [0.15, 0.2) is 0 Å². The van der Waals surface area contributed by atoms with Crippen LogP contribution in [0.3, 0.4) is 0 Å². The summed E-state index contributed by atoms with van der Waals surface area (Å²) in [5, 5.41) is 4.02. The minimum atomic E-state index is -0.517. The zero-order valence-electron chi connectivity index (χ0n) is 7.59. The smallest absolute Gasteiger partial charge is 0.340 e. The van der Waals surface area contributed by atoms with Gasteiger partial charge in [-0.3, -0.25) is 4.79 Å². The molecule has 0 fully saturated rings. The quantitative estimate of drug-likeness (QED) is 0.797. The molecule has 0 unspecified atom stereocenters. The third kappa shape index (κ3) is 2.24. The first-order valence-corrected chi connectivity index (χ1v) is 4.95. The van der Waals surface area contributed by atoms with E-state index in [1.165, 1.54) is 25.4 Å². The molecule has 0 saturated heterocycles. The molecule has 76 valence electrons. The summed E-state index contributed by atoms with van der Waals surface area (Å²) in [5.74, 6) is -0.799.